The molecule has 20 heavy (non-hydrogen) atoms. The average Bonchev–Trinajstić information content (AvgIpc) is 2.45. The molecule has 0 amide bonds. The van der Waals surface area contributed by atoms with E-state index in [-0.39, 0.29) is 5.41 Å². The van der Waals surface area contributed by atoms with Gasteiger partial charge in [-0.05, 0) is 43.0 Å². The third-order valence-electron chi connectivity index (χ3n) is 4.29. The van der Waals surface area contributed by atoms with Gasteiger partial charge in [0.1, 0.15) is 5.75 Å². The molecule has 0 saturated carbocycles. The molecule has 1 N–H and O–H groups in total. The molecule has 3 nitrogen and oxygen atoms in total. The standard InChI is InChI=1S/C17H28N2O/c1-17(2,3)13-6-7-15(16(12-13)20-5)19-10-8-14(18-4)9-11-19/h6-7,12,14,18H,8-11H2,1-5H3. The van der Waals surface area contributed by atoms with E-state index in [1.165, 1.54) is 24.1 Å². The maximum atomic E-state index is 5.63. The molecule has 1 aromatic carbocycles. The van der Waals surface area contributed by atoms with Crippen LogP contribution in [0.15, 0.2) is 18.2 Å². The number of nitrogens with zero attached hydrogens (tertiary/aromatic N) is 1. The molecule has 1 fully saturated rings. The predicted molar refractivity (Wildman–Crippen MR) is 86.0 cm³/mol. The van der Waals surface area contributed by atoms with Crippen molar-refractivity contribution in [2.45, 2.75) is 45.1 Å². The van der Waals surface area contributed by atoms with Gasteiger partial charge in [0.25, 0.3) is 0 Å². The van der Waals surface area contributed by atoms with Gasteiger partial charge >= 0.3 is 0 Å². The number of methoxy groups -OCH3 is 1. The largest absolute Gasteiger partial charge is 0.495 e. The molecule has 0 aromatic heterocycles. The normalized spacial score (nSPS) is 17.4. The van der Waals surface area contributed by atoms with E-state index in [2.05, 4.69) is 56.2 Å². The fraction of sp³-hybridized carbons (Fsp3) is 0.647. The topological polar surface area (TPSA) is 24.5 Å². The maximum absolute atomic E-state index is 5.63. The van der Waals surface area contributed by atoms with Gasteiger partial charge in [0.15, 0.2) is 0 Å². The first-order valence-electron chi connectivity index (χ1n) is 7.56. The Kier molecular flexibility index (Phi) is 4.59. The molecule has 112 valence electrons. The predicted octanol–water partition coefficient (Wildman–Crippen LogP) is 3.18. The molecule has 1 aliphatic heterocycles. The lowest BCUT2D eigenvalue weighted by molar-refractivity contribution is 0.404. The molecule has 3 heteroatoms. The van der Waals surface area contributed by atoms with Crippen molar-refractivity contribution in [2.75, 3.05) is 32.1 Å². The molecule has 0 aliphatic carbocycles. The summed E-state index contributed by atoms with van der Waals surface area (Å²) in [6.07, 6.45) is 2.39. The number of nitrogens with one attached hydrogen (secondary N) is 1. The van der Waals surface area contributed by atoms with Gasteiger partial charge in [-0.2, -0.15) is 0 Å². The van der Waals surface area contributed by atoms with Crippen LogP contribution in [0.3, 0.4) is 0 Å². The minimum Gasteiger partial charge on any atom is -0.495 e. The number of piperidine rings is 1. The number of anilines is 1. The zero-order valence-electron chi connectivity index (χ0n) is 13.5. The van der Waals surface area contributed by atoms with Gasteiger partial charge in [0.05, 0.1) is 12.8 Å². The second kappa shape index (κ2) is 6.04. The molecule has 2 rings (SSSR count). The summed E-state index contributed by atoms with van der Waals surface area (Å²) in [6.45, 7) is 8.90. The van der Waals surface area contributed by atoms with Gasteiger partial charge in [-0.1, -0.05) is 26.8 Å². The van der Waals surface area contributed by atoms with Crippen molar-refractivity contribution in [2.24, 2.45) is 0 Å². The van der Waals surface area contributed by atoms with Crippen LogP contribution in [0.4, 0.5) is 5.69 Å². The number of hydrogen-bond acceptors (Lipinski definition) is 3. The van der Waals surface area contributed by atoms with Crippen LogP contribution in [0, 0.1) is 0 Å². The SMILES string of the molecule is CNC1CCN(c2ccc(C(C)(C)C)cc2OC)CC1. The van der Waals surface area contributed by atoms with E-state index in [0.717, 1.165) is 18.8 Å². The van der Waals surface area contributed by atoms with E-state index in [1.807, 2.05) is 0 Å². The molecule has 1 aliphatic rings. The van der Waals surface area contributed by atoms with Gasteiger partial charge < -0.3 is 15.0 Å². The summed E-state index contributed by atoms with van der Waals surface area (Å²) < 4.78 is 5.63. The third kappa shape index (κ3) is 3.26. The van der Waals surface area contributed by atoms with E-state index < -0.39 is 0 Å². The second-order valence-electron chi connectivity index (χ2n) is 6.69. The Morgan fingerprint density at radius 1 is 1.20 bits per heavy atom. The fourth-order valence-corrected chi connectivity index (χ4v) is 2.81. The van der Waals surface area contributed by atoms with Gasteiger partial charge in [0.2, 0.25) is 0 Å². The van der Waals surface area contributed by atoms with Crippen molar-refractivity contribution < 1.29 is 4.74 Å². The summed E-state index contributed by atoms with van der Waals surface area (Å²) in [6, 6.07) is 7.31. The van der Waals surface area contributed by atoms with Gasteiger partial charge in [-0.3, -0.25) is 0 Å². The lowest BCUT2D eigenvalue weighted by Crippen LogP contribution is -2.41. The lowest BCUT2D eigenvalue weighted by Gasteiger charge is -2.34. The first-order chi connectivity index (χ1) is 9.45. The van der Waals surface area contributed by atoms with E-state index in [9.17, 15) is 0 Å². The summed E-state index contributed by atoms with van der Waals surface area (Å²) >= 11 is 0. The number of benzene rings is 1. The van der Waals surface area contributed by atoms with Crippen LogP contribution in [-0.2, 0) is 5.41 Å². The summed E-state index contributed by atoms with van der Waals surface area (Å²) in [5.74, 6) is 1.00. The average molecular weight is 276 g/mol. The molecule has 0 bridgehead atoms. The Hall–Kier alpha value is -1.22. The van der Waals surface area contributed by atoms with E-state index >= 15 is 0 Å². The second-order valence-corrected chi connectivity index (χ2v) is 6.69. The van der Waals surface area contributed by atoms with Gasteiger partial charge in [-0.15, -0.1) is 0 Å². The zero-order valence-corrected chi connectivity index (χ0v) is 13.5. The highest BCUT2D eigenvalue weighted by molar-refractivity contribution is 5.60. The van der Waals surface area contributed by atoms with Crippen LogP contribution in [-0.4, -0.2) is 33.3 Å². The Bertz CT molecular complexity index is 443. The Balaban J connectivity index is 2.20. The lowest BCUT2D eigenvalue weighted by atomic mass is 9.86. The highest BCUT2D eigenvalue weighted by Gasteiger charge is 2.22. The molecule has 0 radical (unpaired) electrons. The fourth-order valence-electron chi connectivity index (χ4n) is 2.81. The van der Waals surface area contributed by atoms with Crippen LogP contribution >= 0.6 is 0 Å². The van der Waals surface area contributed by atoms with Crippen molar-refractivity contribution in [1.82, 2.24) is 5.32 Å². The number of rotatable bonds is 3. The Morgan fingerprint density at radius 3 is 2.35 bits per heavy atom. The highest BCUT2D eigenvalue weighted by Crippen LogP contribution is 2.34. The number of hydrogen-bond donors (Lipinski definition) is 1. The monoisotopic (exact) mass is 276 g/mol. The molecule has 1 saturated heterocycles. The van der Waals surface area contributed by atoms with Crippen LogP contribution in [0.5, 0.6) is 5.75 Å². The van der Waals surface area contributed by atoms with E-state index in [0.29, 0.717) is 6.04 Å². The zero-order chi connectivity index (χ0) is 14.8. The first kappa shape index (κ1) is 15.2. The maximum Gasteiger partial charge on any atom is 0.142 e. The summed E-state index contributed by atoms with van der Waals surface area (Å²) in [4.78, 5) is 2.44. The minimum absolute atomic E-state index is 0.158. The van der Waals surface area contributed by atoms with Crippen molar-refractivity contribution in [3.8, 4) is 5.75 Å². The van der Waals surface area contributed by atoms with Crippen LogP contribution in [0.1, 0.15) is 39.2 Å². The molecule has 0 spiro atoms. The summed E-state index contributed by atoms with van der Waals surface area (Å²) in [5.41, 5.74) is 2.71. The Morgan fingerprint density at radius 2 is 1.85 bits per heavy atom. The minimum atomic E-state index is 0.158. The van der Waals surface area contributed by atoms with Crippen molar-refractivity contribution in [3.63, 3.8) is 0 Å². The van der Waals surface area contributed by atoms with Crippen molar-refractivity contribution in [1.29, 1.82) is 0 Å². The number of ether oxygens (including phenoxy) is 1. The molecule has 1 aromatic rings. The van der Waals surface area contributed by atoms with Crippen LogP contribution in [0.2, 0.25) is 0 Å². The van der Waals surface area contributed by atoms with Gasteiger partial charge in [-0.25, -0.2) is 0 Å². The molecular weight excluding hydrogens is 248 g/mol. The van der Waals surface area contributed by atoms with Crippen LogP contribution < -0.4 is 15.0 Å². The van der Waals surface area contributed by atoms with Crippen molar-refractivity contribution in [3.05, 3.63) is 23.8 Å². The Labute approximate surface area is 123 Å². The van der Waals surface area contributed by atoms with Gasteiger partial charge in [0, 0.05) is 19.1 Å². The van der Waals surface area contributed by atoms with E-state index in [4.69, 9.17) is 4.74 Å². The molecular formula is C17H28N2O. The highest BCUT2D eigenvalue weighted by atomic mass is 16.5. The smallest absolute Gasteiger partial charge is 0.142 e. The van der Waals surface area contributed by atoms with Crippen molar-refractivity contribution >= 4 is 5.69 Å². The van der Waals surface area contributed by atoms with Crippen LogP contribution in [0.25, 0.3) is 0 Å². The quantitative estimate of drug-likeness (QED) is 0.917. The first-order valence-corrected chi connectivity index (χ1v) is 7.56. The third-order valence-corrected chi connectivity index (χ3v) is 4.29. The van der Waals surface area contributed by atoms with E-state index in [1.54, 1.807) is 7.11 Å². The summed E-state index contributed by atoms with van der Waals surface area (Å²) in [5, 5.41) is 3.38. The molecule has 0 atom stereocenters. The molecule has 0 unspecified atom stereocenters. The summed E-state index contributed by atoms with van der Waals surface area (Å²) in [7, 11) is 3.82. The molecule has 1 heterocycles.